The molecule has 132 valence electrons. The van der Waals surface area contributed by atoms with Gasteiger partial charge in [-0.05, 0) is 52.5 Å². The first kappa shape index (κ1) is 18.0. The average molecular weight is 335 g/mol. The van der Waals surface area contributed by atoms with Gasteiger partial charge in [0.15, 0.2) is 0 Å². The van der Waals surface area contributed by atoms with E-state index < -0.39 is 11.7 Å². The smallest absolute Gasteiger partial charge is 0.407 e. The van der Waals surface area contributed by atoms with Crippen LogP contribution in [0.1, 0.15) is 46.5 Å². The Kier molecular flexibility index (Phi) is 5.64. The number of hydrogen-bond donors (Lipinski definition) is 2. The van der Waals surface area contributed by atoms with E-state index in [0.717, 1.165) is 25.7 Å². The Balaban J connectivity index is 1.83. The highest BCUT2D eigenvalue weighted by atomic mass is 16.6. The molecule has 1 amide bonds. The number of amides is 1. The number of para-hydroxylation sites is 2. The Morgan fingerprint density at radius 2 is 1.75 bits per heavy atom. The van der Waals surface area contributed by atoms with E-state index in [1.165, 1.54) is 6.07 Å². The van der Waals surface area contributed by atoms with Gasteiger partial charge in [0.25, 0.3) is 5.69 Å². The van der Waals surface area contributed by atoms with Crippen LogP contribution in [0, 0.1) is 10.1 Å². The third-order valence-electron chi connectivity index (χ3n) is 3.91. The van der Waals surface area contributed by atoms with Crippen LogP contribution in [0.4, 0.5) is 16.2 Å². The van der Waals surface area contributed by atoms with Gasteiger partial charge in [-0.3, -0.25) is 10.1 Å². The van der Waals surface area contributed by atoms with E-state index in [-0.39, 0.29) is 22.7 Å². The van der Waals surface area contributed by atoms with Gasteiger partial charge in [-0.15, -0.1) is 0 Å². The lowest BCUT2D eigenvalue weighted by Gasteiger charge is -2.30. The van der Waals surface area contributed by atoms with E-state index in [4.69, 9.17) is 4.74 Å². The van der Waals surface area contributed by atoms with Gasteiger partial charge in [-0.2, -0.15) is 0 Å². The maximum Gasteiger partial charge on any atom is 0.407 e. The zero-order chi connectivity index (χ0) is 17.7. The van der Waals surface area contributed by atoms with Crippen molar-refractivity contribution in [1.82, 2.24) is 5.32 Å². The van der Waals surface area contributed by atoms with Crippen LogP contribution >= 0.6 is 0 Å². The molecule has 0 atom stereocenters. The summed E-state index contributed by atoms with van der Waals surface area (Å²) < 4.78 is 5.26. The molecule has 0 radical (unpaired) electrons. The van der Waals surface area contributed by atoms with Crippen LogP contribution < -0.4 is 10.6 Å². The van der Waals surface area contributed by atoms with Gasteiger partial charge in [-0.25, -0.2) is 4.79 Å². The molecule has 0 saturated heterocycles. The number of nitro benzene ring substituents is 1. The summed E-state index contributed by atoms with van der Waals surface area (Å²) >= 11 is 0. The summed E-state index contributed by atoms with van der Waals surface area (Å²) in [5.41, 5.74) is 0.132. The Labute approximate surface area is 141 Å². The minimum atomic E-state index is -0.505. The van der Waals surface area contributed by atoms with Gasteiger partial charge in [0, 0.05) is 18.2 Å². The van der Waals surface area contributed by atoms with Crippen LogP contribution in [0.2, 0.25) is 0 Å². The Morgan fingerprint density at radius 3 is 2.33 bits per heavy atom. The minimum absolute atomic E-state index is 0.0867. The molecule has 0 heterocycles. The largest absolute Gasteiger partial charge is 0.444 e. The molecule has 0 bridgehead atoms. The highest BCUT2D eigenvalue weighted by molar-refractivity contribution is 5.68. The first-order valence-corrected chi connectivity index (χ1v) is 8.24. The molecule has 1 aliphatic rings. The molecule has 0 aliphatic heterocycles. The van der Waals surface area contributed by atoms with Gasteiger partial charge in [0.1, 0.15) is 11.3 Å². The van der Waals surface area contributed by atoms with Gasteiger partial charge in [0.2, 0.25) is 0 Å². The van der Waals surface area contributed by atoms with E-state index in [2.05, 4.69) is 10.6 Å². The number of alkyl carbamates (subject to hydrolysis) is 1. The Bertz CT molecular complexity index is 590. The fraction of sp³-hybridized carbons (Fsp3) is 0.588. The number of nitro groups is 1. The molecule has 24 heavy (non-hydrogen) atoms. The predicted octanol–water partition coefficient (Wildman–Crippen LogP) is 3.84. The summed E-state index contributed by atoms with van der Waals surface area (Å²) in [6.07, 6.45) is 2.92. The van der Waals surface area contributed by atoms with Crippen molar-refractivity contribution in [2.45, 2.75) is 64.1 Å². The van der Waals surface area contributed by atoms with Crippen LogP contribution in [0.5, 0.6) is 0 Å². The first-order chi connectivity index (χ1) is 11.2. The normalized spacial score (nSPS) is 21.0. The molecule has 0 unspecified atom stereocenters. The molecule has 2 rings (SSSR count). The van der Waals surface area contributed by atoms with Gasteiger partial charge >= 0.3 is 6.09 Å². The second-order valence-electron chi connectivity index (χ2n) is 7.11. The van der Waals surface area contributed by atoms with Crippen molar-refractivity contribution in [3.8, 4) is 0 Å². The van der Waals surface area contributed by atoms with E-state index in [1.807, 2.05) is 20.8 Å². The molecule has 1 aliphatic carbocycles. The lowest BCUT2D eigenvalue weighted by molar-refractivity contribution is -0.384. The second kappa shape index (κ2) is 7.51. The van der Waals surface area contributed by atoms with Crippen molar-refractivity contribution >= 4 is 17.5 Å². The van der Waals surface area contributed by atoms with E-state index in [1.54, 1.807) is 18.2 Å². The van der Waals surface area contributed by atoms with Crippen molar-refractivity contribution in [2.75, 3.05) is 5.32 Å². The Hall–Kier alpha value is -2.31. The fourth-order valence-electron chi connectivity index (χ4n) is 2.83. The van der Waals surface area contributed by atoms with E-state index >= 15 is 0 Å². The number of anilines is 1. The van der Waals surface area contributed by atoms with Crippen LogP contribution in [0.25, 0.3) is 0 Å². The maximum atomic E-state index is 11.8. The zero-order valence-corrected chi connectivity index (χ0v) is 14.4. The molecule has 7 heteroatoms. The van der Waals surface area contributed by atoms with Crippen molar-refractivity contribution in [1.29, 1.82) is 0 Å². The zero-order valence-electron chi connectivity index (χ0n) is 14.4. The molecule has 1 aromatic rings. The number of nitrogens with one attached hydrogen (secondary N) is 2. The number of benzene rings is 1. The molecule has 2 N–H and O–H groups in total. The number of carbonyl (C=O) groups is 1. The van der Waals surface area contributed by atoms with Crippen LogP contribution in [-0.4, -0.2) is 28.7 Å². The summed E-state index contributed by atoms with van der Waals surface area (Å²) in [7, 11) is 0. The molecular weight excluding hydrogens is 310 g/mol. The monoisotopic (exact) mass is 335 g/mol. The molecular formula is C17H25N3O4. The maximum absolute atomic E-state index is 11.8. The van der Waals surface area contributed by atoms with E-state index in [9.17, 15) is 14.9 Å². The second-order valence-corrected chi connectivity index (χ2v) is 7.11. The number of hydrogen-bond acceptors (Lipinski definition) is 5. The quantitative estimate of drug-likeness (QED) is 0.644. The summed E-state index contributed by atoms with van der Waals surface area (Å²) in [4.78, 5) is 22.5. The van der Waals surface area contributed by atoms with Crippen LogP contribution in [0.15, 0.2) is 24.3 Å². The highest BCUT2D eigenvalue weighted by Gasteiger charge is 2.25. The fourth-order valence-corrected chi connectivity index (χ4v) is 2.83. The van der Waals surface area contributed by atoms with Crippen molar-refractivity contribution < 1.29 is 14.5 Å². The summed E-state index contributed by atoms with van der Waals surface area (Å²) in [5.74, 6) is 0. The van der Waals surface area contributed by atoms with Gasteiger partial charge in [0.05, 0.1) is 4.92 Å². The topological polar surface area (TPSA) is 93.5 Å². The summed E-state index contributed by atoms with van der Waals surface area (Å²) in [6.45, 7) is 5.50. The number of ether oxygens (including phenoxy) is 1. The van der Waals surface area contributed by atoms with Gasteiger partial charge in [-0.1, -0.05) is 12.1 Å². The predicted molar refractivity (Wildman–Crippen MR) is 92.1 cm³/mol. The first-order valence-electron chi connectivity index (χ1n) is 8.24. The molecule has 7 nitrogen and oxygen atoms in total. The SMILES string of the molecule is CC(C)(C)OC(=O)NC1CCC(Nc2ccccc2[N+](=O)[O-])CC1. The summed E-state index contributed by atoms with van der Waals surface area (Å²) in [6, 6.07) is 6.92. The lowest BCUT2D eigenvalue weighted by atomic mass is 9.91. The third kappa shape index (κ3) is 5.40. The van der Waals surface area contributed by atoms with Crippen molar-refractivity contribution in [2.24, 2.45) is 0 Å². The number of carbonyl (C=O) groups excluding carboxylic acids is 1. The Morgan fingerprint density at radius 1 is 1.17 bits per heavy atom. The number of nitrogens with zero attached hydrogens (tertiary/aromatic N) is 1. The highest BCUT2D eigenvalue weighted by Crippen LogP contribution is 2.28. The number of rotatable bonds is 4. The third-order valence-corrected chi connectivity index (χ3v) is 3.91. The van der Waals surface area contributed by atoms with Crippen molar-refractivity contribution in [3.63, 3.8) is 0 Å². The van der Waals surface area contributed by atoms with Crippen molar-refractivity contribution in [3.05, 3.63) is 34.4 Å². The van der Waals surface area contributed by atoms with E-state index in [0.29, 0.717) is 5.69 Å². The molecule has 1 aromatic carbocycles. The van der Waals surface area contributed by atoms with Crippen LogP contribution in [0.3, 0.4) is 0 Å². The van der Waals surface area contributed by atoms with Crippen LogP contribution in [-0.2, 0) is 4.74 Å². The minimum Gasteiger partial charge on any atom is -0.444 e. The molecule has 1 fully saturated rings. The average Bonchev–Trinajstić information content (AvgIpc) is 2.47. The molecule has 0 aromatic heterocycles. The lowest BCUT2D eigenvalue weighted by Crippen LogP contribution is -2.42. The molecule has 1 saturated carbocycles. The molecule has 0 spiro atoms. The standard InChI is InChI=1S/C17H25N3O4/c1-17(2,3)24-16(21)19-13-10-8-12(9-11-13)18-14-6-4-5-7-15(14)20(22)23/h4-7,12-13,18H,8-11H2,1-3H3,(H,19,21). The summed E-state index contributed by atoms with van der Waals surface area (Å²) in [5, 5.41) is 17.2. The van der Waals surface area contributed by atoms with Gasteiger partial charge < -0.3 is 15.4 Å².